The number of pyridine rings is 1. The van der Waals surface area contributed by atoms with Gasteiger partial charge >= 0.3 is 0 Å². The Bertz CT molecular complexity index is 619. The number of hydrogen-bond donors (Lipinski definition) is 0. The Balaban J connectivity index is 1.78. The molecular weight excluding hydrogens is 295 g/mol. The second kappa shape index (κ2) is 6.00. The molecule has 5 heteroatoms. The van der Waals surface area contributed by atoms with Gasteiger partial charge in [-0.25, -0.2) is 4.98 Å². The Morgan fingerprint density at radius 2 is 2.10 bits per heavy atom. The Morgan fingerprint density at radius 3 is 2.95 bits per heavy atom. The Labute approximate surface area is 128 Å². The molecule has 0 amide bonds. The van der Waals surface area contributed by atoms with Crippen molar-refractivity contribution in [3.8, 4) is 5.75 Å². The highest BCUT2D eigenvalue weighted by molar-refractivity contribution is 6.34. The second-order valence-electron chi connectivity index (χ2n) is 4.77. The molecule has 0 radical (unpaired) electrons. The Hall–Kier alpha value is -1.29. The van der Waals surface area contributed by atoms with Crippen LogP contribution in [-0.4, -0.2) is 23.0 Å². The summed E-state index contributed by atoms with van der Waals surface area (Å²) in [6.45, 7) is 3.11. The third-order valence-corrected chi connectivity index (χ3v) is 3.88. The maximum atomic E-state index is 6.21. The fourth-order valence-corrected chi connectivity index (χ4v) is 2.73. The van der Waals surface area contributed by atoms with Crippen LogP contribution < -0.4 is 4.74 Å². The van der Waals surface area contributed by atoms with Crippen LogP contribution in [0.4, 0.5) is 0 Å². The number of benzene rings is 1. The lowest BCUT2D eigenvalue weighted by molar-refractivity contribution is 0.219. The summed E-state index contributed by atoms with van der Waals surface area (Å²) in [5, 5.41) is 1.08. The summed E-state index contributed by atoms with van der Waals surface area (Å²) in [6, 6.07) is 9.81. The van der Waals surface area contributed by atoms with Crippen molar-refractivity contribution in [3.05, 3.63) is 57.8 Å². The van der Waals surface area contributed by atoms with Crippen molar-refractivity contribution in [3.63, 3.8) is 0 Å². The molecule has 2 heterocycles. The van der Waals surface area contributed by atoms with Crippen LogP contribution in [-0.2, 0) is 13.1 Å². The first-order valence-electron chi connectivity index (χ1n) is 6.45. The molecule has 1 aromatic heterocycles. The molecule has 3 rings (SSSR count). The SMILES string of the molecule is Clc1cc(Cl)c(CN2CCOc3ccccc3C2)cn1. The first-order chi connectivity index (χ1) is 9.72. The van der Waals surface area contributed by atoms with Crippen LogP contribution in [0.1, 0.15) is 11.1 Å². The molecule has 104 valence electrons. The summed E-state index contributed by atoms with van der Waals surface area (Å²) in [7, 11) is 0. The summed E-state index contributed by atoms with van der Waals surface area (Å²) < 4.78 is 5.75. The van der Waals surface area contributed by atoms with E-state index in [0.717, 1.165) is 30.9 Å². The molecule has 0 spiro atoms. The van der Waals surface area contributed by atoms with Gasteiger partial charge in [-0.1, -0.05) is 41.4 Å². The third kappa shape index (κ3) is 3.06. The van der Waals surface area contributed by atoms with Gasteiger partial charge in [0.15, 0.2) is 0 Å². The topological polar surface area (TPSA) is 25.4 Å². The molecule has 1 aromatic carbocycles. The zero-order valence-corrected chi connectivity index (χ0v) is 12.4. The van der Waals surface area contributed by atoms with Gasteiger partial charge < -0.3 is 4.74 Å². The average molecular weight is 309 g/mol. The van der Waals surface area contributed by atoms with Crippen LogP contribution in [0.2, 0.25) is 10.2 Å². The van der Waals surface area contributed by atoms with Gasteiger partial charge in [0, 0.05) is 42.0 Å². The third-order valence-electron chi connectivity index (χ3n) is 3.32. The number of aromatic nitrogens is 1. The molecule has 0 fully saturated rings. The molecule has 0 aliphatic carbocycles. The minimum atomic E-state index is 0.420. The van der Waals surface area contributed by atoms with Crippen LogP contribution in [0, 0.1) is 0 Å². The van der Waals surface area contributed by atoms with Crippen molar-refractivity contribution in [1.82, 2.24) is 9.88 Å². The smallest absolute Gasteiger partial charge is 0.130 e. The van der Waals surface area contributed by atoms with Gasteiger partial charge in [0.25, 0.3) is 0 Å². The molecular formula is C15H14Cl2N2O. The normalized spacial score (nSPS) is 15.3. The van der Waals surface area contributed by atoms with Gasteiger partial charge in [0.05, 0.1) is 0 Å². The number of ether oxygens (including phenoxy) is 1. The lowest BCUT2D eigenvalue weighted by Gasteiger charge is -2.19. The summed E-state index contributed by atoms with van der Waals surface area (Å²) in [5.41, 5.74) is 2.18. The van der Waals surface area contributed by atoms with Gasteiger partial charge in [-0.3, -0.25) is 4.90 Å². The first-order valence-corrected chi connectivity index (χ1v) is 7.21. The van der Waals surface area contributed by atoms with Gasteiger partial charge in [-0.15, -0.1) is 0 Å². The van der Waals surface area contributed by atoms with Gasteiger partial charge in [-0.05, 0) is 12.1 Å². The van der Waals surface area contributed by atoms with Gasteiger partial charge in [-0.2, -0.15) is 0 Å². The first kappa shape index (κ1) is 13.7. The van der Waals surface area contributed by atoms with Crippen LogP contribution in [0.25, 0.3) is 0 Å². The molecule has 0 unspecified atom stereocenters. The highest BCUT2D eigenvalue weighted by atomic mass is 35.5. The quantitative estimate of drug-likeness (QED) is 0.789. The fourth-order valence-electron chi connectivity index (χ4n) is 2.31. The highest BCUT2D eigenvalue weighted by Gasteiger charge is 2.16. The lowest BCUT2D eigenvalue weighted by atomic mass is 10.2. The number of rotatable bonds is 2. The highest BCUT2D eigenvalue weighted by Crippen LogP contribution is 2.25. The molecule has 20 heavy (non-hydrogen) atoms. The van der Waals surface area contributed by atoms with Crippen LogP contribution >= 0.6 is 23.2 Å². The van der Waals surface area contributed by atoms with Crippen LogP contribution in [0.15, 0.2) is 36.5 Å². The average Bonchev–Trinajstić information content (AvgIpc) is 2.63. The minimum absolute atomic E-state index is 0.420. The Kier molecular flexibility index (Phi) is 4.10. The number of fused-ring (bicyclic) bond motifs is 1. The van der Waals surface area contributed by atoms with Gasteiger partial charge in [0.1, 0.15) is 17.5 Å². The van der Waals surface area contributed by atoms with Crippen LogP contribution in [0.5, 0.6) is 5.75 Å². The van der Waals surface area contributed by atoms with E-state index < -0.39 is 0 Å². The van der Waals surface area contributed by atoms with E-state index in [2.05, 4.69) is 16.0 Å². The predicted molar refractivity (Wildman–Crippen MR) is 80.3 cm³/mol. The maximum Gasteiger partial charge on any atom is 0.130 e. The number of para-hydroxylation sites is 1. The molecule has 3 nitrogen and oxygen atoms in total. The Morgan fingerprint density at radius 1 is 1.25 bits per heavy atom. The second-order valence-corrected chi connectivity index (χ2v) is 5.56. The molecule has 0 N–H and O–H groups in total. The molecule has 1 aliphatic rings. The fraction of sp³-hybridized carbons (Fsp3) is 0.267. The monoisotopic (exact) mass is 308 g/mol. The van der Waals surface area contributed by atoms with Crippen molar-refractivity contribution in [2.24, 2.45) is 0 Å². The van der Waals surface area contributed by atoms with E-state index >= 15 is 0 Å². The zero-order valence-electron chi connectivity index (χ0n) is 10.9. The van der Waals surface area contributed by atoms with E-state index in [0.29, 0.717) is 16.8 Å². The van der Waals surface area contributed by atoms with Crippen molar-refractivity contribution >= 4 is 23.2 Å². The van der Waals surface area contributed by atoms with E-state index in [-0.39, 0.29) is 0 Å². The minimum Gasteiger partial charge on any atom is -0.492 e. The van der Waals surface area contributed by atoms with E-state index in [4.69, 9.17) is 27.9 Å². The van der Waals surface area contributed by atoms with E-state index in [1.54, 1.807) is 12.3 Å². The zero-order chi connectivity index (χ0) is 13.9. The van der Waals surface area contributed by atoms with Crippen LogP contribution in [0.3, 0.4) is 0 Å². The van der Waals surface area contributed by atoms with E-state index in [9.17, 15) is 0 Å². The number of nitrogens with zero attached hydrogens (tertiary/aromatic N) is 2. The van der Waals surface area contributed by atoms with Crippen molar-refractivity contribution < 1.29 is 4.74 Å². The van der Waals surface area contributed by atoms with E-state index in [1.165, 1.54) is 5.56 Å². The number of halogens is 2. The predicted octanol–water partition coefficient (Wildman–Crippen LogP) is 3.78. The standard InChI is InChI=1S/C15H14Cl2N2O/c16-13-7-15(17)18-8-12(13)10-19-5-6-20-14-4-2-1-3-11(14)9-19/h1-4,7-8H,5-6,9-10H2. The summed E-state index contributed by atoms with van der Waals surface area (Å²) in [4.78, 5) is 6.39. The summed E-state index contributed by atoms with van der Waals surface area (Å²) >= 11 is 12.0. The molecule has 0 saturated heterocycles. The lowest BCUT2D eigenvalue weighted by Crippen LogP contribution is -2.25. The van der Waals surface area contributed by atoms with Crippen molar-refractivity contribution in [2.75, 3.05) is 13.2 Å². The molecule has 0 atom stereocenters. The van der Waals surface area contributed by atoms with Crippen molar-refractivity contribution in [1.29, 1.82) is 0 Å². The maximum absolute atomic E-state index is 6.21. The van der Waals surface area contributed by atoms with Gasteiger partial charge in [0.2, 0.25) is 0 Å². The largest absolute Gasteiger partial charge is 0.492 e. The number of hydrogen-bond acceptors (Lipinski definition) is 3. The summed E-state index contributed by atoms with van der Waals surface area (Å²) in [6.07, 6.45) is 1.74. The summed E-state index contributed by atoms with van der Waals surface area (Å²) in [5.74, 6) is 0.968. The molecule has 0 saturated carbocycles. The van der Waals surface area contributed by atoms with E-state index in [1.807, 2.05) is 18.2 Å². The molecule has 2 aromatic rings. The van der Waals surface area contributed by atoms with Crippen molar-refractivity contribution in [2.45, 2.75) is 13.1 Å². The molecule has 1 aliphatic heterocycles. The molecule has 0 bridgehead atoms.